The number of hydrogen-bond donors (Lipinski definition) is 1. The molecule has 0 saturated carbocycles. The summed E-state index contributed by atoms with van der Waals surface area (Å²) in [5.41, 5.74) is 2.45. The molecule has 2 fully saturated rings. The lowest BCUT2D eigenvalue weighted by atomic mass is 10.0. The Bertz CT molecular complexity index is 838. The van der Waals surface area contributed by atoms with Crippen LogP contribution in [0.5, 0.6) is 0 Å². The molecule has 2 atom stereocenters. The summed E-state index contributed by atoms with van der Waals surface area (Å²) in [7, 11) is 0. The van der Waals surface area contributed by atoms with Gasteiger partial charge in [-0.05, 0) is 43.0 Å². The van der Waals surface area contributed by atoms with E-state index in [1.807, 2.05) is 31.2 Å². The molecule has 0 aliphatic carbocycles. The fraction of sp³-hybridized carbons (Fsp3) is 0.480. The molecule has 4 rings (SSSR count). The van der Waals surface area contributed by atoms with Gasteiger partial charge in [0.2, 0.25) is 5.91 Å². The van der Waals surface area contributed by atoms with Gasteiger partial charge in [-0.15, -0.1) is 0 Å². The van der Waals surface area contributed by atoms with Crippen molar-refractivity contribution < 1.29 is 9.53 Å². The minimum absolute atomic E-state index is 0.0255. The van der Waals surface area contributed by atoms with E-state index in [2.05, 4.69) is 45.4 Å². The van der Waals surface area contributed by atoms with Crippen LogP contribution in [0.1, 0.15) is 37.0 Å². The zero-order valence-corrected chi connectivity index (χ0v) is 18.9. The van der Waals surface area contributed by atoms with E-state index in [0.717, 1.165) is 49.6 Å². The van der Waals surface area contributed by atoms with Crippen LogP contribution in [0.15, 0.2) is 54.6 Å². The number of carbonyl (C=O) groups excluding carboxylic acids is 1. The number of piperidine rings is 1. The average molecular weight is 442 g/mol. The van der Waals surface area contributed by atoms with Gasteiger partial charge in [-0.2, -0.15) is 0 Å². The molecule has 2 aliphatic heterocycles. The van der Waals surface area contributed by atoms with E-state index in [1.165, 1.54) is 5.56 Å². The molecule has 0 bridgehead atoms. The van der Waals surface area contributed by atoms with Crippen LogP contribution in [-0.4, -0.2) is 60.6 Å². The molecule has 166 valence electrons. The molecule has 1 amide bonds. The van der Waals surface area contributed by atoms with Gasteiger partial charge in [-0.25, -0.2) is 0 Å². The van der Waals surface area contributed by atoms with Crippen LogP contribution in [0.3, 0.4) is 0 Å². The summed E-state index contributed by atoms with van der Waals surface area (Å²) in [6.07, 6.45) is 1.98. The quantitative estimate of drug-likeness (QED) is 0.738. The Balaban J connectivity index is 1.24. The van der Waals surface area contributed by atoms with Gasteiger partial charge in [0.1, 0.15) is 0 Å². The average Bonchev–Trinajstić information content (AvgIpc) is 2.81. The molecule has 2 saturated heterocycles. The third kappa shape index (κ3) is 6.07. The summed E-state index contributed by atoms with van der Waals surface area (Å²) in [4.78, 5) is 17.6. The van der Waals surface area contributed by atoms with Gasteiger partial charge in [-0.1, -0.05) is 54.1 Å². The highest BCUT2D eigenvalue weighted by Gasteiger charge is 2.30. The number of amides is 1. The van der Waals surface area contributed by atoms with Gasteiger partial charge in [0.25, 0.3) is 0 Å². The molecule has 31 heavy (non-hydrogen) atoms. The molecular weight excluding hydrogens is 410 g/mol. The van der Waals surface area contributed by atoms with Crippen molar-refractivity contribution in [3.63, 3.8) is 0 Å². The molecule has 0 radical (unpaired) electrons. The molecule has 6 heteroatoms. The SMILES string of the molecule is C[C@H](C(=O)NC1CCN(Cc2ccccc2)CC1)N1CCO[C@H](c2ccc(Cl)cc2)C1. The van der Waals surface area contributed by atoms with Crippen LogP contribution in [-0.2, 0) is 16.1 Å². The largest absolute Gasteiger partial charge is 0.371 e. The first-order valence-corrected chi connectivity index (χ1v) is 11.6. The minimum Gasteiger partial charge on any atom is -0.371 e. The van der Waals surface area contributed by atoms with Crippen molar-refractivity contribution in [2.45, 2.75) is 44.5 Å². The number of nitrogens with one attached hydrogen (secondary N) is 1. The van der Waals surface area contributed by atoms with E-state index < -0.39 is 0 Å². The predicted octanol–water partition coefficient (Wildman–Crippen LogP) is 3.88. The van der Waals surface area contributed by atoms with Crippen molar-refractivity contribution in [3.8, 4) is 0 Å². The van der Waals surface area contributed by atoms with Crippen molar-refractivity contribution in [2.24, 2.45) is 0 Å². The molecule has 0 aromatic heterocycles. The van der Waals surface area contributed by atoms with E-state index in [9.17, 15) is 4.79 Å². The summed E-state index contributed by atoms with van der Waals surface area (Å²) in [5, 5.41) is 4.02. The van der Waals surface area contributed by atoms with Gasteiger partial charge in [0, 0.05) is 43.8 Å². The van der Waals surface area contributed by atoms with E-state index in [0.29, 0.717) is 13.2 Å². The highest BCUT2D eigenvalue weighted by molar-refractivity contribution is 6.30. The Morgan fingerprint density at radius 1 is 1.10 bits per heavy atom. The zero-order valence-electron chi connectivity index (χ0n) is 18.2. The predicted molar refractivity (Wildman–Crippen MR) is 124 cm³/mol. The van der Waals surface area contributed by atoms with Crippen LogP contribution >= 0.6 is 11.6 Å². The lowest BCUT2D eigenvalue weighted by Crippen LogP contribution is -2.53. The monoisotopic (exact) mass is 441 g/mol. The van der Waals surface area contributed by atoms with Gasteiger partial charge < -0.3 is 10.1 Å². The number of likely N-dealkylation sites (tertiary alicyclic amines) is 1. The maximum absolute atomic E-state index is 12.9. The number of rotatable bonds is 6. The maximum atomic E-state index is 12.9. The third-order valence-corrected chi connectivity index (χ3v) is 6.70. The van der Waals surface area contributed by atoms with Gasteiger partial charge in [0.15, 0.2) is 0 Å². The Morgan fingerprint density at radius 2 is 1.81 bits per heavy atom. The van der Waals surface area contributed by atoms with E-state index in [1.54, 1.807) is 0 Å². The van der Waals surface area contributed by atoms with Crippen LogP contribution in [0.2, 0.25) is 5.02 Å². The first-order chi connectivity index (χ1) is 15.1. The van der Waals surface area contributed by atoms with Crippen molar-refractivity contribution in [1.82, 2.24) is 15.1 Å². The van der Waals surface area contributed by atoms with E-state index >= 15 is 0 Å². The Kier molecular flexibility index (Phi) is 7.62. The molecule has 2 aromatic rings. The summed E-state index contributed by atoms with van der Waals surface area (Å²) in [6, 6.07) is 18.5. The van der Waals surface area contributed by atoms with Crippen LogP contribution in [0, 0.1) is 0 Å². The second kappa shape index (κ2) is 10.6. The minimum atomic E-state index is -0.166. The number of morpholine rings is 1. The molecule has 1 N–H and O–H groups in total. The number of ether oxygens (including phenoxy) is 1. The number of carbonyl (C=O) groups is 1. The van der Waals surface area contributed by atoms with Gasteiger partial charge in [0.05, 0.1) is 18.8 Å². The third-order valence-electron chi connectivity index (χ3n) is 6.45. The summed E-state index contributed by atoms with van der Waals surface area (Å²) in [6.45, 7) is 7.14. The Morgan fingerprint density at radius 3 is 2.52 bits per heavy atom. The summed E-state index contributed by atoms with van der Waals surface area (Å²) < 4.78 is 5.95. The van der Waals surface area contributed by atoms with Gasteiger partial charge in [-0.3, -0.25) is 14.6 Å². The van der Waals surface area contributed by atoms with Crippen LogP contribution in [0.25, 0.3) is 0 Å². The van der Waals surface area contributed by atoms with Crippen LogP contribution in [0.4, 0.5) is 0 Å². The van der Waals surface area contributed by atoms with Crippen molar-refractivity contribution >= 4 is 17.5 Å². The molecule has 2 heterocycles. The smallest absolute Gasteiger partial charge is 0.237 e. The Labute approximate surface area is 190 Å². The number of hydrogen-bond acceptors (Lipinski definition) is 4. The van der Waals surface area contributed by atoms with E-state index in [4.69, 9.17) is 16.3 Å². The molecule has 2 aliphatic rings. The highest BCUT2D eigenvalue weighted by Crippen LogP contribution is 2.25. The highest BCUT2D eigenvalue weighted by atomic mass is 35.5. The van der Waals surface area contributed by atoms with Crippen molar-refractivity contribution in [1.29, 1.82) is 0 Å². The van der Waals surface area contributed by atoms with Crippen molar-refractivity contribution in [3.05, 3.63) is 70.7 Å². The normalized spacial score (nSPS) is 22.2. The molecular formula is C25H32ClN3O2. The Hall–Kier alpha value is -1.92. The molecule has 2 aromatic carbocycles. The molecule has 0 unspecified atom stereocenters. The summed E-state index contributed by atoms with van der Waals surface area (Å²) in [5.74, 6) is 0.123. The van der Waals surface area contributed by atoms with Gasteiger partial charge >= 0.3 is 0 Å². The lowest BCUT2D eigenvalue weighted by molar-refractivity contribution is -0.130. The van der Waals surface area contributed by atoms with Crippen molar-refractivity contribution in [2.75, 3.05) is 32.8 Å². The number of nitrogens with zero attached hydrogens (tertiary/aromatic N) is 2. The first-order valence-electron chi connectivity index (χ1n) is 11.3. The van der Waals surface area contributed by atoms with Crippen LogP contribution < -0.4 is 5.32 Å². The zero-order chi connectivity index (χ0) is 21.6. The standard InChI is InChI=1S/C25H32ClN3O2/c1-19(29-15-16-31-24(18-29)21-7-9-22(26)10-8-21)25(30)27-23-11-13-28(14-12-23)17-20-5-3-2-4-6-20/h2-10,19,23-24H,11-18H2,1H3,(H,27,30)/t19-,24+/m1/s1. The molecule has 5 nitrogen and oxygen atoms in total. The fourth-order valence-electron chi connectivity index (χ4n) is 4.46. The number of benzene rings is 2. The summed E-state index contributed by atoms with van der Waals surface area (Å²) >= 11 is 6.01. The maximum Gasteiger partial charge on any atom is 0.237 e. The number of halogens is 1. The second-order valence-corrected chi connectivity index (χ2v) is 9.06. The topological polar surface area (TPSA) is 44.8 Å². The lowest BCUT2D eigenvalue weighted by Gasteiger charge is -2.38. The fourth-order valence-corrected chi connectivity index (χ4v) is 4.59. The molecule has 0 spiro atoms. The van der Waals surface area contributed by atoms with E-state index in [-0.39, 0.29) is 24.1 Å². The first kappa shape index (κ1) is 22.3. The second-order valence-electron chi connectivity index (χ2n) is 8.63.